The number of aliphatic hydroxyl groups is 1. The molecule has 1 unspecified atom stereocenters. The molecule has 5 atom stereocenters. The summed E-state index contributed by atoms with van der Waals surface area (Å²) in [5.74, 6) is 0.487. The zero-order valence-corrected chi connectivity index (χ0v) is 10.2. The minimum atomic E-state index is -4.57. The quantitative estimate of drug-likeness (QED) is 0.749. The van der Waals surface area contributed by atoms with E-state index in [4.69, 9.17) is 0 Å². The van der Waals surface area contributed by atoms with Crippen LogP contribution in [0.25, 0.3) is 0 Å². The third-order valence-electron chi connectivity index (χ3n) is 4.60. The largest absolute Gasteiger partial charge is 0.418 e. The summed E-state index contributed by atoms with van der Waals surface area (Å²) >= 11 is 0. The van der Waals surface area contributed by atoms with Gasteiger partial charge in [0.05, 0.1) is 0 Å². The van der Waals surface area contributed by atoms with Crippen molar-refractivity contribution in [3.63, 3.8) is 0 Å². The summed E-state index contributed by atoms with van der Waals surface area (Å²) in [6.45, 7) is 3.50. The Morgan fingerprint density at radius 3 is 2.47 bits per heavy atom. The Kier molecular flexibility index (Phi) is 3.19. The van der Waals surface area contributed by atoms with E-state index in [1.807, 2.05) is 6.92 Å². The number of nitrogens with one attached hydrogen (secondary N) is 1. The normalized spacial score (nSPS) is 42.0. The first-order valence-electron chi connectivity index (χ1n) is 6.27. The molecule has 0 aromatic heterocycles. The molecule has 0 aromatic rings. The molecule has 1 saturated heterocycles. The minimum Gasteiger partial charge on any atom is -0.379 e. The van der Waals surface area contributed by atoms with Crippen LogP contribution in [-0.2, 0) is 0 Å². The summed E-state index contributed by atoms with van der Waals surface area (Å²) in [7, 11) is 0. The van der Waals surface area contributed by atoms with Gasteiger partial charge in [0.15, 0.2) is 5.60 Å². The predicted molar refractivity (Wildman–Crippen MR) is 58.5 cm³/mol. The Balaban J connectivity index is 2.22. The predicted octanol–water partition coefficient (Wildman–Crippen LogP) is 2.32. The molecule has 1 heterocycles. The van der Waals surface area contributed by atoms with E-state index in [1.54, 1.807) is 0 Å². The van der Waals surface area contributed by atoms with Gasteiger partial charge in [0.25, 0.3) is 0 Å². The molecular formula is C12H20F3NO. The lowest BCUT2D eigenvalue weighted by Crippen LogP contribution is -2.59. The van der Waals surface area contributed by atoms with Crippen molar-refractivity contribution in [2.45, 2.75) is 50.9 Å². The first kappa shape index (κ1) is 13.1. The number of hydrogen-bond acceptors (Lipinski definition) is 2. The zero-order valence-electron chi connectivity index (χ0n) is 10.2. The molecule has 0 bridgehead atoms. The minimum absolute atomic E-state index is 0.0552. The van der Waals surface area contributed by atoms with E-state index in [1.165, 1.54) is 0 Å². The van der Waals surface area contributed by atoms with Crippen molar-refractivity contribution in [1.82, 2.24) is 5.32 Å². The fourth-order valence-electron chi connectivity index (χ4n) is 3.55. The zero-order chi connectivity index (χ0) is 12.8. The van der Waals surface area contributed by atoms with Crippen molar-refractivity contribution in [2.24, 2.45) is 17.8 Å². The average molecular weight is 251 g/mol. The standard InChI is InChI=1S/C12H20F3NO/c1-7-4-3-5-8-6-16-10(9(7)8)11(2,17)12(13,14)15/h7-10,16-17H,3-6H2,1-2H3/t7-,8?,9+,10-,11+/m0/s1. The van der Waals surface area contributed by atoms with Gasteiger partial charge in [0.2, 0.25) is 0 Å². The second kappa shape index (κ2) is 4.12. The van der Waals surface area contributed by atoms with Crippen molar-refractivity contribution in [1.29, 1.82) is 0 Å². The van der Waals surface area contributed by atoms with Gasteiger partial charge in [-0.2, -0.15) is 13.2 Å². The SMILES string of the molecule is C[C@H]1CCCC2CN[C@H]([C@@](C)(O)C(F)(F)F)[C@@H]21. The summed E-state index contributed by atoms with van der Waals surface area (Å²) in [6, 6.07) is -0.859. The molecule has 5 heteroatoms. The van der Waals surface area contributed by atoms with Crippen molar-refractivity contribution < 1.29 is 18.3 Å². The fourth-order valence-corrected chi connectivity index (χ4v) is 3.55. The topological polar surface area (TPSA) is 32.3 Å². The lowest BCUT2D eigenvalue weighted by Gasteiger charge is -2.41. The van der Waals surface area contributed by atoms with Crippen LogP contribution < -0.4 is 5.32 Å². The molecule has 100 valence electrons. The van der Waals surface area contributed by atoms with Crippen LogP contribution in [0.5, 0.6) is 0 Å². The fraction of sp³-hybridized carbons (Fsp3) is 1.00. The molecule has 1 aliphatic heterocycles. The number of rotatable bonds is 1. The Morgan fingerprint density at radius 2 is 1.88 bits per heavy atom. The van der Waals surface area contributed by atoms with Gasteiger partial charge >= 0.3 is 6.18 Å². The third-order valence-corrected chi connectivity index (χ3v) is 4.60. The Labute approximate surface area is 99.6 Å². The number of hydrogen-bond donors (Lipinski definition) is 2. The van der Waals surface area contributed by atoms with Crippen LogP contribution in [0, 0.1) is 17.8 Å². The summed E-state index contributed by atoms with van der Waals surface area (Å²) in [5, 5.41) is 12.7. The van der Waals surface area contributed by atoms with Crippen LogP contribution >= 0.6 is 0 Å². The third kappa shape index (κ3) is 2.08. The van der Waals surface area contributed by atoms with E-state index in [-0.39, 0.29) is 17.8 Å². The van der Waals surface area contributed by atoms with E-state index < -0.39 is 17.8 Å². The average Bonchev–Trinajstić information content (AvgIpc) is 2.61. The first-order valence-corrected chi connectivity index (χ1v) is 6.27. The van der Waals surface area contributed by atoms with Crippen molar-refractivity contribution in [3.8, 4) is 0 Å². The van der Waals surface area contributed by atoms with E-state index in [9.17, 15) is 18.3 Å². The van der Waals surface area contributed by atoms with Gasteiger partial charge < -0.3 is 10.4 Å². The van der Waals surface area contributed by atoms with Gasteiger partial charge in [-0.25, -0.2) is 0 Å². The number of halogens is 3. The Morgan fingerprint density at radius 1 is 1.24 bits per heavy atom. The molecule has 2 nitrogen and oxygen atoms in total. The second-order valence-corrected chi connectivity index (χ2v) is 5.78. The molecule has 0 radical (unpaired) electrons. The van der Waals surface area contributed by atoms with Crippen LogP contribution in [0.4, 0.5) is 13.2 Å². The van der Waals surface area contributed by atoms with Crippen LogP contribution in [0.3, 0.4) is 0 Å². The van der Waals surface area contributed by atoms with Gasteiger partial charge in [-0.1, -0.05) is 19.8 Å². The van der Waals surface area contributed by atoms with Crippen LogP contribution in [-0.4, -0.2) is 29.5 Å². The highest BCUT2D eigenvalue weighted by Crippen LogP contribution is 2.46. The maximum atomic E-state index is 12.9. The molecule has 2 aliphatic rings. The van der Waals surface area contributed by atoms with Crippen molar-refractivity contribution in [3.05, 3.63) is 0 Å². The molecule has 0 amide bonds. The Hall–Kier alpha value is -0.290. The first-order chi connectivity index (χ1) is 7.75. The number of fused-ring (bicyclic) bond motifs is 1. The molecule has 2 fully saturated rings. The van der Waals surface area contributed by atoms with Crippen molar-refractivity contribution in [2.75, 3.05) is 6.54 Å². The lowest BCUT2D eigenvalue weighted by molar-refractivity contribution is -0.267. The highest BCUT2D eigenvalue weighted by atomic mass is 19.4. The van der Waals surface area contributed by atoms with Crippen LogP contribution in [0.2, 0.25) is 0 Å². The molecule has 17 heavy (non-hydrogen) atoms. The summed E-state index contributed by atoms with van der Waals surface area (Å²) in [5.41, 5.74) is -2.63. The molecular weight excluding hydrogens is 231 g/mol. The summed E-state index contributed by atoms with van der Waals surface area (Å²) in [4.78, 5) is 0. The van der Waals surface area contributed by atoms with Crippen molar-refractivity contribution >= 4 is 0 Å². The van der Waals surface area contributed by atoms with Gasteiger partial charge in [-0.05, 0) is 37.6 Å². The summed E-state index contributed by atoms with van der Waals surface area (Å²) < 4.78 is 38.6. The molecule has 1 aliphatic carbocycles. The van der Waals surface area contributed by atoms with Gasteiger partial charge in [-0.3, -0.25) is 0 Å². The Bertz CT molecular complexity index is 290. The number of alkyl halides is 3. The van der Waals surface area contributed by atoms with Gasteiger partial charge in [-0.15, -0.1) is 0 Å². The molecule has 1 saturated carbocycles. The van der Waals surface area contributed by atoms with E-state index >= 15 is 0 Å². The van der Waals surface area contributed by atoms with E-state index in [0.717, 1.165) is 26.2 Å². The monoisotopic (exact) mass is 251 g/mol. The smallest absolute Gasteiger partial charge is 0.379 e. The highest BCUT2D eigenvalue weighted by molar-refractivity contribution is 5.05. The van der Waals surface area contributed by atoms with E-state index in [0.29, 0.717) is 6.54 Å². The van der Waals surface area contributed by atoms with E-state index in [2.05, 4.69) is 5.32 Å². The van der Waals surface area contributed by atoms with Gasteiger partial charge in [0, 0.05) is 6.04 Å². The molecule has 0 spiro atoms. The molecule has 2 rings (SSSR count). The molecule has 0 aromatic carbocycles. The summed E-state index contributed by atoms with van der Waals surface area (Å²) in [6.07, 6.45) is -1.54. The second-order valence-electron chi connectivity index (χ2n) is 5.78. The van der Waals surface area contributed by atoms with Crippen LogP contribution in [0.15, 0.2) is 0 Å². The molecule has 2 N–H and O–H groups in total. The van der Waals surface area contributed by atoms with Crippen LogP contribution in [0.1, 0.15) is 33.1 Å². The maximum Gasteiger partial charge on any atom is 0.418 e. The lowest BCUT2D eigenvalue weighted by atomic mass is 9.68. The maximum absolute atomic E-state index is 12.9. The highest BCUT2D eigenvalue weighted by Gasteiger charge is 2.60. The van der Waals surface area contributed by atoms with Gasteiger partial charge in [0.1, 0.15) is 0 Å².